The number of nitrogens with one attached hydrogen (secondary N) is 1. The summed E-state index contributed by atoms with van der Waals surface area (Å²) in [7, 11) is 0.334. The van der Waals surface area contributed by atoms with Crippen LogP contribution < -0.4 is 10.1 Å². The number of ether oxygens (including phenoxy) is 1. The second kappa shape index (κ2) is 10.6. The molecular formula is C25H28N2O4S. The van der Waals surface area contributed by atoms with E-state index in [-0.39, 0.29) is 23.5 Å². The highest BCUT2D eigenvalue weighted by atomic mass is 32.2. The predicted octanol–water partition coefficient (Wildman–Crippen LogP) is 3.99. The molecule has 1 saturated heterocycles. The smallest absolute Gasteiger partial charge is 0.287 e. The molecule has 1 aromatic heterocycles. The summed E-state index contributed by atoms with van der Waals surface area (Å²) >= 11 is 0. The van der Waals surface area contributed by atoms with Crippen LogP contribution in [-0.2, 0) is 23.1 Å². The van der Waals surface area contributed by atoms with Crippen molar-refractivity contribution < 1.29 is 18.2 Å². The van der Waals surface area contributed by atoms with Crippen molar-refractivity contribution in [3.8, 4) is 5.75 Å². The van der Waals surface area contributed by atoms with Crippen LogP contribution in [0, 0.1) is 0 Å². The van der Waals surface area contributed by atoms with Crippen LogP contribution in [0.5, 0.6) is 5.75 Å². The van der Waals surface area contributed by atoms with E-state index in [1.807, 2.05) is 6.07 Å². The molecule has 32 heavy (non-hydrogen) atoms. The molecule has 1 aliphatic rings. The molecule has 3 aromatic rings. The van der Waals surface area contributed by atoms with Crippen molar-refractivity contribution >= 4 is 16.7 Å². The number of benzene rings is 2. The Kier molecular flexibility index (Phi) is 7.39. The summed E-state index contributed by atoms with van der Waals surface area (Å²) in [5, 5.41) is 3.08. The monoisotopic (exact) mass is 452 g/mol. The molecule has 2 heterocycles. The zero-order valence-corrected chi connectivity index (χ0v) is 19.0. The Morgan fingerprint density at radius 2 is 1.78 bits per heavy atom. The maximum atomic E-state index is 12.6. The number of piperidine rings is 1. The van der Waals surface area contributed by atoms with Crippen molar-refractivity contribution in [1.82, 2.24) is 10.2 Å². The van der Waals surface area contributed by atoms with Gasteiger partial charge in [-0.05, 0) is 54.8 Å². The van der Waals surface area contributed by atoms with Crippen molar-refractivity contribution in [2.75, 3.05) is 20.2 Å². The number of carbonyl (C=O) groups excluding carboxylic acids is 1. The normalized spacial score (nSPS) is 15.9. The van der Waals surface area contributed by atoms with Crippen LogP contribution in [0.15, 0.2) is 76.0 Å². The molecule has 0 saturated carbocycles. The molecule has 2 aromatic carbocycles. The van der Waals surface area contributed by atoms with Gasteiger partial charge in [0.1, 0.15) is 11.5 Å². The SMILES string of the molecule is COc1ccc(S(=O)Cc2ccc(C(=O)NC3CCN(Cc4ccccc4)CC3)o2)cc1. The van der Waals surface area contributed by atoms with Gasteiger partial charge in [0.25, 0.3) is 5.91 Å². The van der Waals surface area contributed by atoms with E-state index in [1.165, 1.54) is 5.56 Å². The quantitative estimate of drug-likeness (QED) is 0.560. The molecular weight excluding hydrogens is 424 g/mol. The highest BCUT2D eigenvalue weighted by Crippen LogP contribution is 2.19. The van der Waals surface area contributed by atoms with Crippen LogP contribution in [0.2, 0.25) is 0 Å². The van der Waals surface area contributed by atoms with E-state index in [0.29, 0.717) is 16.4 Å². The molecule has 6 nitrogen and oxygen atoms in total. The van der Waals surface area contributed by atoms with Crippen molar-refractivity contribution in [1.29, 1.82) is 0 Å². The minimum Gasteiger partial charge on any atom is -0.497 e. The average molecular weight is 453 g/mol. The van der Waals surface area contributed by atoms with Gasteiger partial charge in [-0.2, -0.15) is 0 Å². The number of rotatable bonds is 8. The Morgan fingerprint density at radius 1 is 1.06 bits per heavy atom. The Morgan fingerprint density at radius 3 is 2.47 bits per heavy atom. The van der Waals surface area contributed by atoms with Crippen LogP contribution in [0.4, 0.5) is 0 Å². The van der Waals surface area contributed by atoms with Crippen LogP contribution in [0.1, 0.15) is 34.7 Å². The van der Waals surface area contributed by atoms with Gasteiger partial charge >= 0.3 is 0 Å². The highest BCUT2D eigenvalue weighted by molar-refractivity contribution is 7.84. The second-order valence-electron chi connectivity index (χ2n) is 7.94. The number of methoxy groups -OCH3 is 1. The molecule has 1 unspecified atom stereocenters. The summed E-state index contributed by atoms with van der Waals surface area (Å²) in [6, 6.07) is 21.1. The lowest BCUT2D eigenvalue weighted by Crippen LogP contribution is -2.44. The maximum absolute atomic E-state index is 12.6. The number of likely N-dealkylation sites (tertiary alicyclic amines) is 1. The lowest BCUT2D eigenvalue weighted by molar-refractivity contribution is 0.0879. The standard InChI is InChI=1S/C25H28N2O4S/c1-30-21-7-10-23(11-8-21)32(29)18-22-9-12-24(31-22)25(28)26-20-13-15-27(16-14-20)17-19-5-3-2-4-6-19/h2-12,20H,13-18H2,1H3,(H,26,28). The Labute approximate surface area is 191 Å². The third-order valence-electron chi connectivity index (χ3n) is 5.65. The average Bonchev–Trinajstić information content (AvgIpc) is 3.30. The molecule has 4 rings (SSSR count). The number of amides is 1. The summed E-state index contributed by atoms with van der Waals surface area (Å²) in [6.07, 6.45) is 1.82. The van der Waals surface area contributed by atoms with E-state index in [1.54, 1.807) is 43.5 Å². The van der Waals surface area contributed by atoms with Gasteiger partial charge in [-0.3, -0.25) is 13.9 Å². The lowest BCUT2D eigenvalue weighted by Gasteiger charge is -2.32. The van der Waals surface area contributed by atoms with Gasteiger partial charge in [0.15, 0.2) is 5.76 Å². The van der Waals surface area contributed by atoms with Crippen molar-refractivity contribution in [2.45, 2.75) is 36.1 Å². The fraction of sp³-hybridized carbons (Fsp3) is 0.320. The van der Waals surface area contributed by atoms with E-state index >= 15 is 0 Å². The molecule has 1 fully saturated rings. The highest BCUT2D eigenvalue weighted by Gasteiger charge is 2.22. The number of hydrogen-bond acceptors (Lipinski definition) is 5. The van der Waals surface area contributed by atoms with Gasteiger partial charge in [-0.1, -0.05) is 30.3 Å². The van der Waals surface area contributed by atoms with Crippen LogP contribution in [-0.4, -0.2) is 41.3 Å². The van der Waals surface area contributed by atoms with Gasteiger partial charge in [-0.25, -0.2) is 0 Å². The molecule has 1 amide bonds. The van der Waals surface area contributed by atoms with E-state index in [9.17, 15) is 9.00 Å². The maximum Gasteiger partial charge on any atom is 0.287 e. The molecule has 0 bridgehead atoms. The zero-order chi connectivity index (χ0) is 22.3. The van der Waals surface area contributed by atoms with Crippen LogP contribution in [0.25, 0.3) is 0 Å². The van der Waals surface area contributed by atoms with E-state index in [4.69, 9.17) is 9.15 Å². The van der Waals surface area contributed by atoms with Crippen molar-refractivity contribution in [3.05, 3.63) is 83.8 Å². The minimum atomic E-state index is -1.26. The number of carbonyl (C=O) groups is 1. The topological polar surface area (TPSA) is 71.8 Å². The third-order valence-corrected chi connectivity index (χ3v) is 7.00. The fourth-order valence-electron chi connectivity index (χ4n) is 3.85. The molecule has 7 heteroatoms. The molecule has 1 aliphatic heterocycles. The predicted molar refractivity (Wildman–Crippen MR) is 124 cm³/mol. The lowest BCUT2D eigenvalue weighted by atomic mass is 10.0. The van der Waals surface area contributed by atoms with Gasteiger partial charge < -0.3 is 14.5 Å². The number of furan rings is 1. The molecule has 0 aliphatic carbocycles. The van der Waals surface area contributed by atoms with Gasteiger partial charge in [0.2, 0.25) is 0 Å². The second-order valence-corrected chi connectivity index (χ2v) is 9.39. The van der Waals surface area contributed by atoms with Gasteiger partial charge in [0, 0.05) is 30.6 Å². The van der Waals surface area contributed by atoms with E-state index in [0.717, 1.165) is 32.5 Å². The Balaban J connectivity index is 1.25. The van der Waals surface area contributed by atoms with Crippen LogP contribution >= 0.6 is 0 Å². The summed E-state index contributed by atoms with van der Waals surface area (Å²) in [5.74, 6) is 1.51. The van der Waals surface area contributed by atoms with Crippen molar-refractivity contribution in [2.24, 2.45) is 0 Å². The Bertz CT molecular complexity index is 1040. The first-order chi connectivity index (χ1) is 15.6. The molecule has 168 valence electrons. The fourth-order valence-corrected chi connectivity index (χ4v) is 4.87. The summed E-state index contributed by atoms with van der Waals surface area (Å²) in [4.78, 5) is 15.7. The molecule has 1 atom stereocenters. The van der Waals surface area contributed by atoms with Gasteiger partial charge in [-0.15, -0.1) is 0 Å². The molecule has 0 spiro atoms. The van der Waals surface area contributed by atoms with Gasteiger partial charge in [0.05, 0.1) is 23.7 Å². The van der Waals surface area contributed by atoms with E-state index < -0.39 is 10.8 Å². The first kappa shape index (κ1) is 22.3. The van der Waals surface area contributed by atoms with Crippen molar-refractivity contribution in [3.63, 3.8) is 0 Å². The summed E-state index contributed by atoms with van der Waals surface area (Å²) in [5.41, 5.74) is 1.31. The summed E-state index contributed by atoms with van der Waals surface area (Å²) in [6.45, 7) is 2.84. The van der Waals surface area contributed by atoms with E-state index in [2.05, 4.69) is 34.5 Å². The zero-order valence-electron chi connectivity index (χ0n) is 18.2. The molecule has 1 N–H and O–H groups in total. The largest absolute Gasteiger partial charge is 0.497 e. The first-order valence-corrected chi connectivity index (χ1v) is 12.1. The Hall–Kier alpha value is -2.90. The summed E-state index contributed by atoms with van der Waals surface area (Å²) < 4.78 is 23.4. The third kappa shape index (κ3) is 5.87. The number of hydrogen-bond donors (Lipinski definition) is 1. The number of nitrogens with zero attached hydrogens (tertiary/aromatic N) is 1. The molecule has 0 radical (unpaired) electrons. The first-order valence-electron chi connectivity index (χ1n) is 10.8. The van der Waals surface area contributed by atoms with Crippen LogP contribution in [0.3, 0.4) is 0 Å². The minimum absolute atomic E-state index is 0.136.